The van der Waals surface area contributed by atoms with Gasteiger partial charge in [0.1, 0.15) is 9.71 Å². The van der Waals surface area contributed by atoms with Crippen LogP contribution in [0.3, 0.4) is 0 Å². The minimum atomic E-state index is -1.06. The van der Waals surface area contributed by atoms with E-state index in [-0.39, 0.29) is 5.97 Å². The maximum Gasteiger partial charge on any atom is 0.348 e. The smallest absolute Gasteiger partial charge is 0.348 e. The number of hydrogen-bond acceptors (Lipinski definition) is 6. The fourth-order valence-electron chi connectivity index (χ4n) is 1.14. The first-order valence-corrected chi connectivity index (χ1v) is 7.72. The van der Waals surface area contributed by atoms with Crippen molar-refractivity contribution in [3.05, 3.63) is 10.9 Å². The standard InChI is InChI=1S/C9H9NO3S3/c1-3-13-8(11)6-4-5-7(14-6)10-9(15-5)16(2)12/h4H,3H2,1-2H3. The van der Waals surface area contributed by atoms with Crippen molar-refractivity contribution in [1.29, 1.82) is 0 Å². The van der Waals surface area contributed by atoms with E-state index in [1.54, 1.807) is 19.2 Å². The van der Waals surface area contributed by atoms with Crippen LogP contribution in [0.25, 0.3) is 9.53 Å². The van der Waals surface area contributed by atoms with E-state index in [0.29, 0.717) is 15.8 Å². The highest BCUT2D eigenvalue weighted by molar-refractivity contribution is 7.86. The van der Waals surface area contributed by atoms with Crippen molar-refractivity contribution in [3.63, 3.8) is 0 Å². The largest absolute Gasteiger partial charge is 0.462 e. The Balaban J connectivity index is 2.35. The number of esters is 1. The predicted molar refractivity (Wildman–Crippen MR) is 65.8 cm³/mol. The molecule has 2 heterocycles. The number of thiophene rings is 1. The van der Waals surface area contributed by atoms with Crippen LogP contribution in [0.5, 0.6) is 0 Å². The lowest BCUT2D eigenvalue weighted by molar-refractivity contribution is 0.0532. The third kappa shape index (κ3) is 2.16. The second kappa shape index (κ2) is 4.60. The molecule has 0 radical (unpaired) electrons. The summed E-state index contributed by atoms with van der Waals surface area (Å²) in [5.74, 6) is -0.322. The van der Waals surface area contributed by atoms with Crippen molar-refractivity contribution in [2.24, 2.45) is 0 Å². The molecule has 0 aliphatic heterocycles. The number of ether oxygens (including phenoxy) is 1. The summed E-state index contributed by atoms with van der Waals surface area (Å²) in [7, 11) is -1.06. The Bertz CT molecular complexity index is 526. The molecule has 0 aromatic carbocycles. The van der Waals surface area contributed by atoms with Gasteiger partial charge in [-0.3, -0.25) is 4.21 Å². The van der Waals surface area contributed by atoms with E-state index in [4.69, 9.17) is 4.74 Å². The Morgan fingerprint density at radius 2 is 2.31 bits per heavy atom. The van der Waals surface area contributed by atoms with Crippen molar-refractivity contribution in [3.8, 4) is 0 Å². The maximum atomic E-state index is 11.4. The van der Waals surface area contributed by atoms with Crippen LogP contribution in [0, 0.1) is 0 Å². The molecule has 0 aliphatic rings. The molecule has 0 bridgehead atoms. The normalized spacial score (nSPS) is 12.9. The molecule has 0 amide bonds. The lowest BCUT2D eigenvalue weighted by Crippen LogP contribution is -2.01. The van der Waals surface area contributed by atoms with Crippen molar-refractivity contribution >= 4 is 49.0 Å². The summed E-state index contributed by atoms with van der Waals surface area (Å²) < 4.78 is 17.6. The molecule has 2 rings (SSSR count). The van der Waals surface area contributed by atoms with Gasteiger partial charge in [0.25, 0.3) is 0 Å². The zero-order valence-electron chi connectivity index (χ0n) is 8.68. The van der Waals surface area contributed by atoms with Crippen molar-refractivity contribution in [2.75, 3.05) is 12.9 Å². The molecule has 0 spiro atoms. The number of hydrogen-bond donors (Lipinski definition) is 0. The Kier molecular flexibility index (Phi) is 3.36. The van der Waals surface area contributed by atoms with Crippen LogP contribution in [0.4, 0.5) is 0 Å². The van der Waals surface area contributed by atoms with Gasteiger partial charge in [0, 0.05) is 6.26 Å². The number of thiazole rings is 1. The van der Waals surface area contributed by atoms with Crippen molar-refractivity contribution in [2.45, 2.75) is 11.3 Å². The Morgan fingerprint density at radius 1 is 1.56 bits per heavy atom. The second-order valence-electron chi connectivity index (χ2n) is 2.93. The van der Waals surface area contributed by atoms with E-state index in [2.05, 4.69) is 4.98 Å². The van der Waals surface area contributed by atoms with Gasteiger partial charge in [0.2, 0.25) is 0 Å². The summed E-state index contributed by atoms with van der Waals surface area (Å²) >= 11 is 2.63. The van der Waals surface area contributed by atoms with E-state index < -0.39 is 10.8 Å². The molecule has 1 unspecified atom stereocenters. The molecule has 2 aromatic rings. The van der Waals surface area contributed by atoms with E-state index in [1.807, 2.05) is 0 Å². The predicted octanol–water partition coefficient (Wildman–Crippen LogP) is 2.27. The summed E-state index contributed by atoms with van der Waals surface area (Å²) in [6, 6.07) is 1.74. The summed E-state index contributed by atoms with van der Waals surface area (Å²) in [6.45, 7) is 2.13. The number of nitrogens with zero attached hydrogens (tertiary/aromatic N) is 1. The van der Waals surface area contributed by atoms with Gasteiger partial charge in [-0.15, -0.1) is 22.7 Å². The van der Waals surface area contributed by atoms with Crippen LogP contribution < -0.4 is 0 Å². The first-order valence-electron chi connectivity index (χ1n) is 4.52. The molecule has 86 valence electrons. The highest BCUT2D eigenvalue weighted by atomic mass is 32.2. The number of carbonyl (C=O) groups excluding carboxylic acids is 1. The molecule has 16 heavy (non-hydrogen) atoms. The number of rotatable bonds is 3. The summed E-state index contributed by atoms with van der Waals surface area (Å²) in [5, 5.41) is 0. The molecule has 0 saturated carbocycles. The molecular weight excluding hydrogens is 266 g/mol. The van der Waals surface area contributed by atoms with Gasteiger partial charge >= 0.3 is 5.97 Å². The maximum absolute atomic E-state index is 11.4. The average molecular weight is 275 g/mol. The lowest BCUT2D eigenvalue weighted by atomic mass is 10.5. The van der Waals surface area contributed by atoms with E-state index in [0.717, 1.165) is 9.53 Å². The van der Waals surface area contributed by atoms with Gasteiger partial charge < -0.3 is 4.74 Å². The SMILES string of the molecule is CCOC(=O)c1cc2sc(S(C)=O)nc2s1. The molecule has 7 heteroatoms. The van der Waals surface area contributed by atoms with Gasteiger partial charge in [-0.05, 0) is 13.0 Å². The van der Waals surface area contributed by atoms with Crippen LogP contribution >= 0.6 is 22.7 Å². The van der Waals surface area contributed by atoms with E-state index in [9.17, 15) is 9.00 Å². The molecule has 4 nitrogen and oxygen atoms in total. The van der Waals surface area contributed by atoms with Gasteiger partial charge in [0.15, 0.2) is 4.34 Å². The molecule has 2 aromatic heterocycles. The number of carbonyl (C=O) groups is 1. The summed E-state index contributed by atoms with van der Waals surface area (Å²) in [5.41, 5.74) is 0. The highest BCUT2D eigenvalue weighted by Crippen LogP contribution is 2.31. The minimum Gasteiger partial charge on any atom is -0.462 e. The zero-order chi connectivity index (χ0) is 11.7. The zero-order valence-corrected chi connectivity index (χ0v) is 11.1. The Labute approximate surface area is 103 Å². The van der Waals surface area contributed by atoms with Crippen LogP contribution in [-0.4, -0.2) is 28.0 Å². The lowest BCUT2D eigenvalue weighted by Gasteiger charge is -1.96. The molecule has 0 saturated heterocycles. The van der Waals surface area contributed by atoms with Crippen molar-refractivity contribution in [1.82, 2.24) is 4.98 Å². The second-order valence-corrected chi connectivity index (χ2v) is 6.55. The topological polar surface area (TPSA) is 56.3 Å². The first-order chi connectivity index (χ1) is 7.61. The third-order valence-corrected chi connectivity index (χ3v) is 5.26. The summed E-state index contributed by atoms with van der Waals surface area (Å²) in [4.78, 5) is 16.9. The fourth-order valence-corrected chi connectivity index (χ4v) is 4.00. The van der Waals surface area contributed by atoms with Crippen LogP contribution in [0.1, 0.15) is 16.6 Å². The van der Waals surface area contributed by atoms with Gasteiger partial charge in [-0.25, -0.2) is 9.78 Å². The Hall–Kier alpha value is -0.790. The van der Waals surface area contributed by atoms with E-state index in [1.165, 1.54) is 22.7 Å². The minimum absolute atomic E-state index is 0.322. The monoisotopic (exact) mass is 275 g/mol. The molecule has 0 aliphatic carbocycles. The van der Waals surface area contributed by atoms with Gasteiger partial charge in [-0.1, -0.05) is 0 Å². The molecule has 1 atom stereocenters. The molecule has 0 N–H and O–H groups in total. The van der Waals surface area contributed by atoms with Crippen molar-refractivity contribution < 1.29 is 13.7 Å². The number of fused-ring (bicyclic) bond motifs is 1. The molecule has 0 fully saturated rings. The van der Waals surface area contributed by atoms with Gasteiger partial charge in [0.05, 0.1) is 22.1 Å². The van der Waals surface area contributed by atoms with Crippen LogP contribution in [-0.2, 0) is 15.5 Å². The Morgan fingerprint density at radius 3 is 2.88 bits per heavy atom. The summed E-state index contributed by atoms with van der Waals surface area (Å²) in [6.07, 6.45) is 1.59. The quantitative estimate of drug-likeness (QED) is 0.806. The third-order valence-electron chi connectivity index (χ3n) is 1.79. The highest BCUT2D eigenvalue weighted by Gasteiger charge is 2.15. The van der Waals surface area contributed by atoms with Gasteiger partial charge in [-0.2, -0.15) is 0 Å². The molecular formula is C9H9NO3S3. The van der Waals surface area contributed by atoms with E-state index >= 15 is 0 Å². The average Bonchev–Trinajstić information content (AvgIpc) is 2.73. The van der Waals surface area contributed by atoms with Crippen LogP contribution in [0.15, 0.2) is 10.4 Å². The number of aromatic nitrogens is 1. The first kappa shape index (κ1) is 11.7. The fraction of sp³-hybridized carbons (Fsp3) is 0.333. The van der Waals surface area contributed by atoms with Crippen LogP contribution in [0.2, 0.25) is 0 Å².